The van der Waals surface area contributed by atoms with Crippen LogP contribution in [-0.4, -0.2) is 18.2 Å². The van der Waals surface area contributed by atoms with E-state index in [1.165, 1.54) is 4.88 Å². The van der Waals surface area contributed by atoms with Crippen LogP contribution in [0.1, 0.15) is 49.5 Å². The number of aliphatic hydroxyl groups excluding tert-OH is 1. The molecule has 0 aromatic carbocycles. The number of nitrogens with one attached hydrogen (secondary N) is 1. The molecule has 96 valence electrons. The van der Waals surface area contributed by atoms with Gasteiger partial charge in [-0.05, 0) is 49.4 Å². The lowest BCUT2D eigenvalue weighted by atomic mass is 9.91. The van der Waals surface area contributed by atoms with E-state index >= 15 is 0 Å². The van der Waals surface area contributed by atoms with Crippen LogP contribution in [0.4, 0.5) is 0 Å². The molecular weight excluding hydrogens is 230 g/mol. The zero-order chi connectivity index (χ0) is 12.5. The summed E-state index contributed by atoms with van der Waals surface area (Å²) in [5.74, 6) is 0.433. The van der Waals surface area contributed by atoms with Gasteiger partial charge in [0.15, 0.2) is 0 Å². The Morgan fingerprint density at radius 3 is 2.47 bits per heavy atom. The van der Waals surface area contributed by atoms with Crippen LogP contribution in [0.2, 0.25) is 0 Å². The fourth-order valence-corrected chi connectivity index (χ4v) is 3.45. The average molecular weight is 253 g/mol. The highest BCUT2D eigenvalue weighted by atomic mass is 32.1. The summed E-state index contributed by atoms with van der Waals surface area (Å²) in [5, 5.41) is 13.7. The molecule has 2 N–H and O–H groups in total. The van der Waals surface area contributed by atoms with Crippen LogP contribution in [0.5, 0.6) is 0 Å². The van der Waals surface area contributed by atoms with Crippen molar-refractivity contribution in [2.45, 2.75) is 45.1 Å². The van der Waals surface area contributed by atoms with E-state index in [0.717, 1.165) is 30.8 Å². The Bertz CT molecular complexity index is 361. The van der Waals surface area contributed by atoms with E-state index < -0.39 is 0 Å². The number of piperidine rings is 1. The minimum atomic E-state index is -0.266. The Kier molecular flexibility index (Phi) is 3.91. The molecule has 1 aromatic rings. The summed E-state index contributed by atoms with van der Waals surface area (Å²) in [6, 6.07) is 4.28. The first kappa shape index (κ1) is 13.1. The minimum Gasteiger partial charge on any atom is -0.387 e. The van der Waals surface area contributed by atoms with Gasteiger partial charge in [-0.25, -0.2) is 0 Å². The Morgan fingerprint density at radius 2 is 1.94 bits per heavy atom. The fraction of sp³-hybridized carbons (Fsp3) is 0.714. The number of aliphatic hydroxyl groups is 1. The first-order valence-corrected chi connectivity index (χ1v) is 7.29. The zero-order valence-corrected chi connectivity index (χ0v) is 11.8. The highest BCUT2D eigenvalue weighted by Gasteiger charge is 2.25. The lowest BCUT2D eigenvalue weighted by Crippen LogP contribution is -2.30. The molecule has 0 spiro atoms. The summed E-state index contributed by atoms with van der Waals surface area (Å²) in [6.45, 7) is 8.75. The molecule has 1 saturated heterocycles. The van der Waals surface area contributed by atoms with Crippen LogP contribution in [-0.2, 0) is 5.41 Å². The fourth-order valence-electron chi connectivity index (χ4n) is 2.31. The SMILES string of the molecule is CC(C)(C)c1ccc(C(O)C2CCNCC2)s1. The second-order valence-electron chi connectivity index (χ2n) is 5.98. The van der Waals surface area contributed by atoms with Crippen molar-refractivity contribution in [3.8, 4) is 0 Å². The van der Waals surface area contributed by atoms with Gasteiger partial charge in [0.1, 0.15) is 0 Å². The molecule has 1 aromatic heterocycles. The molecule has 0 amide bonds. The van der Waals surface area contributed by atoms with Gasteiger partial charge < -0.3 is 10.4 Å². The molecule has 1 atom stereocenters. The predicted molar refractivity (Wildman–Crippen MR) is 73.6 cm³/mol. The van der Waals surface area contributed by atoms with Gasteiger partial charge in [0.05, 0.1) is 6.10 Å². The lowest BCUT2D eigenvalue weighted by molar-refractivity contribution is 0.0920. The molecular formula is C14H23NOS. The summed E-state index contributed by atoms with van der Waals surface area (Å²) >= 11 is 1.77. The molecule has 0 saturated carbocycles. The summed E-state index contributed by atoms with van der Waals surface area (Å²) in [6.07, 6.45) is 1.91. The molecule has 1 fully saturated rings. The van der Waals surface area contributed by atoms with E-state index in [4.69, 9.17) is 0 Å². The Morgan fingerprint density at radius 1 is 1.29 bits per heavy atom. The Labute approximate surface area is 108 Å². The standard InChI is InChI=1S/C14H23NOS/c1-14(2,3)12-5-4-11(17-12)13(16)10-6-8-15-9-7-10/h4-5,10,13,15-16H,6-9H2,1-3H3. The van der Waals surface area contributed by atoms with Crippen molar-refractivity contribution in [3.05, 3.63) is 21.9 Å². The molecule has 2 heterocycles. The van der Waals surface area contributed by atoms with E-state index in [-0.39, 0.29) is 11.5 Å². The molecule has 1 aliphatic heterocycles. The molecule has 1 unspecified atom stereocenters. The third-order valence-electron chi connectivity index (χ3n) is 3.49. The Balaban J connectivity index is 2.08. The molecule has 1 aliphatic rings. The number of hydrogen-bond donors (Lipinski definition) is 2. The van der Waals surface area contributed by atoms with Crippen molar-refractivity contribution in [2.24, 2.45) is 5.92 Å². The predicted octanol–water partition coefficient (Wildman–Crippen LogP) is 3.08. The second-order valence-corrected chi connectivity index (χ2v) is 7.10. The van der Waals surface area contributed by atoms with Crippen molar-refractivity contribution in [1.82, 2.24) is 5.32 Å². The average Bonchev–Trinajstić information content (AvgIpc) is 2.78. The van der Waals surface area contributed by atoms with E-state index in [0.29, 0.717) is 5.92 Å². The van der Waals surface area contributed by atoms with Crippen LogP contribution >= 0.6 is 11.3 Å². The van der Waals surface area contributed by atoms with Gasteiger partial charge in [0.2, 0.25) is 0 Å². The molecule has 0 aliphatic carbocycles. The number of hydrogen-bond acceptors (Lipinski definition) is 3. The first-order chi connectivity index (χ1) is 7.98. The summed E-state index contributed by atoms with van der Waals surface area (Å²) in [5.41, 5.74) is 0.191. The second kappa shape index (κ2) is 5.09. The van der Waals surface area contributed by atoms with Crippen molar-refractivity contribution < 1.29 is 5.11 Å². The number of rotatable bonds is 2. The third kappa shape index (κ3) is 3.09. The molecule has 2 nitrogen and oxygen atoms in total. The summed E-state index contributed by atoms with van der Waals surface area (Å²) < 4.78 is 0. The van der Waals surface area contributed by atoms with Gasteiger partial charge in [0, 0.05) is 9.75 Å². The maximum Gasteiger partial charge on any atom is 0.0911 e. The lowest BCUT2D eigenvalue weighted by Gasteiger charge is -2.26. The van der Waals surface area contributed by atoms with Crippen molar-refractivity contribution >= 4 is 11.3 Å². The van der Waals surface area contributed by atoms with E-state index in [1.54, 1.807) is 11.3 Å². The first-order valence-electron chi connectivity index (χ1n) is 6.47. The normalized spacial score (nSPS) is 20.5. The van der Waals surface area contributed by atoms with Gasteiger partial charge >= 0.3 is 0 Å². The van der Waals surface area contributed by atoms with Gasteiger partial charge in [-0.1, -0.05) is 20.8 Å². The van der Waals surface area contributed by atoms with Gasteiger partial charge in [-0.3, -0.25) is 0 Å². The number of thiophene rings is 1. The van der Waals surface area contributed by atoms with Crippen molar-refractivity contribution in [2.75, 3.05) is 13.1 Å². The van der Waals surface area contributed by atoms with Crippen LogP contribution in [0.3, 0.4) is 0 Å². The third-order valence-corrected chi connectivity index (χ3v) is 5.07. The monoisotopic (exact) mass is 253 g/mol. The Hall–Kier alpha value is -0.380. The maximum atomic E-state index is 10.4. The highest BCUT2D eigenvalue weighted by molar-refractivity contribution is 7.12. The molecule has 17 heavy (non-hydrogen) atoms. The van der Waals surface area contributed by atoms with Crippen molar-refractivity contribution in [1.29, 1.82) is 0 Å². The largest absolute Gasteiger partial charge is 0.387 e. The van der Waals surface area contributed by atoms with Gasteiger partial charge in [-0.15, -0.1) is 11.3 Å². The topological polar surface area (TPSA) is 32.3 Å². The smallest absolute Gasteiger partial charge is 0.0911 e. The van der Waals surface area contributed by atoms with Gasteiger partial charge in [0.25, 0.3) is 0 Å². The molecule has 2 rings (SSSR count). The van der Waals surface area contributed by atoms with E-state index in [9.17, 15) is 5.11 Å². The van der Waals surface area contributed by atoms with E-state index in [1.807, 2.05) is 0 Å². The zero-order valence-electron chi connectivity index (χ0n) is 11.0. The highest BCUT2D eigenvalue weighted by Crippen LogP contribution is 2.36. The summed E-state index contributed by atoms with van der Waals surface area (Å²) in [4.78, 5) is 2.50. The molecule has 0 radical (unpaired) electrons. The van der Waals surface area contributed by atoms with Crippen LogP contribution in [0, 0.1) is 5.92 Å². The van der Waals surface area contributed by atoms with Crippen LogP contribution in [0.15, 0.2) is 12.1 Å². The molecule has 0 bridgehead atoms. The molecule has 3 heteroatoms. The summed E-state index contributed by atoms with van der Waals surface area (Å²) in [7, 11) is 0. The maximum absolute atomic E-state index is 10.4. The van der Waals surface area contributed by atoms with Gasteiger partial charge in [-0.2, -0.15) is 0 Å². The minimum absolute atomic E-state index is 0.191. The quantitative estimate of drug-likeness (QED) is 0.849. The van der Waals surface area contributed by atoms with E-state index in [2.05, 4.69) is 38.2 Å². The van der Waals surface area contributed by atoms with Crippen molar-refractivity contribution in [3.63, 3.8) is 0 Å². The van der Waals surface area contributed by atoms with Crippen LogP contribution in [0.25, 0.3) is 0 Å². The van der Waals surface area contributed by atoms with Crippen LogP contribution < -0.4 is 5.32 Å².